The Kier molecular flexibility index (Phi) is 7.92. The van der Waals surface area contributed by atoms with E-state index in [9.17, 15) is 0 Å². The monoisotopic (exact) mass is 389 g/mol. The molecule has 0 saturated carbocycles. The van der Waals surface area contributed by atoms with E-state index in [1.807, 2.05) is 42.5 Å². The van der Waals surface area contributed by atoms with Crippen LogP contribution < -0.4 is 20.2 Å². The molecule has 0 aromatic heterocycles. The van der Waals surface area contributed by atoms with E-state index in [1.165, 1.54) is 0 Å². The van der Waals surface area contributed by atoms with Gasteiger partial charge in [-0.1, -0.05) is 35.9 Å². The Balaban J connectivity index is 1.99. The number of ether oxygens (including phenoxy) is 2. The highest BCUT2D eigenvalue weighted by molar-refractivity contribution is 7.80. The van der Waals surface area contributed by atoms with Gasteiger partial charge in [0.25, 0.3) is 0 Å². The fraction of sp³-hybridized carbons (Fsp3) is 0.158. The normalized spacial score (nSPS) is 10.4. The summed E-state index contributed by atoms with van der Waals surface area (Å²) in [6.07, 6.45) is 3.35. The number of hydrogen-bond donors (Lipinski definition) is 2. The van der Waals surface area contributed by atoms with E-state index < -0.39 is 0 Å². The van der Waals surface area contributed by atoms with Gasteiger partial charge in [-0.2, -0.15) is 5.10 Å². The van der Waals surface area contributed by atoms with Crippen molar-refractivity contribution in [1.29, 1.82) is 0 Å². The highest BCUT2D eigenvalue weighted by Gasteiger charge is 2.07. The minimum Gasteiger partial charge on any atom is -0.493 e. The molecule has 0 radical (unpaired) electrons. The van der Waals surface area contributed by atoms with Crippen molar-refractivity contribution in [3.05, 3.63) is 71.3 Å². The summed E-state index contributed by atoms with van der Waals surface area (Å²) in [5, 5.41) is 8.09. The molecule has 0 unspecified atom stereocenters. The second-order valence-corrected chi connectivity index (χ2v) is 5.97. The summed E-state index contributed by atoms with van der Waals surface area (Å²) in [6, 6.07) is 13.1. The number of nitrogens with one attached hydrogen (secondary N) is 2. The van der Waals surface area contributed by atoms with Gasteiger partial charge in [0.2, 0.25) is 0 Å². The van der Waals surface area contributed by atoms with Crippen LogP contribution >= 0.6 is 23.8 Å². The van der Waals surface area contributed by atoms with E-state index in [1.54, 1.807) is 19.4 Å². The highest BCUT2D eigenvalue weighted by Crippen LogP contribution is 2.29. The number of hydrogen-bond acceptors (Lipinski definition) is 4. The summed E-state index contributed by atoms with van der Waals surface area (Å²) in [7, 11) is 1.59. The molecule has 0 aliphatic carbocycles. The molecular weight excluding hydrogens is 370 g/mol. The lowest BCUT2D eigenvalue weighted by molar-refractivity contribution is 0.284. The molecular formula is C19H20ClN3O2S. The second kappa shape index (κ2) is 10.4. The van der Waals surface area contributed by atoms with Crippen LogP contribution in [0.15, 0.2) is 60.2 Å². The molecule has 0 aliphatic rings. The largest absolute Gasteiger partial charge is 0.493 e. The Bertz CT molecular complexity index is 796. The van der Waals surface area contributed by atoms with Crippen molar-refractivity contribution in [1.82, 2.24) is 10.7 Å². The number of methoxy groups -OCH3 is 1. The molecule has 0 aliphatic heterocycles. The van der Waals surface area contributed by atoms with Gasteiger partial charge < -0.3 is 14.8 Å². The van der Waals surface area contributed by atoms with Crippen LogP contribution in [0.25, 0.3) is 0 Å². The average Bonchev–Trinajstić information content (AvgIpc) is 2.66. The van der Waals surface area contributed by atoms with E-state index in [-0.39, 0.29) is 0 Å². The third-order valence-electron chi connectivity index (χ3n) is 3.32. The summed E-state index contributed by atoms with van der Waals surface area (Å²) < 4.78 is 11.2. The van der Waals surface area contributed by atoms with Crippen molar-refractivity contribution in [2.75, 3.05) is 13.7 Å². The smallest absolute Gasteiger partial charge is 0.187 e. The lowest BCUT2D eigenvalue weighted by Gasteiger charge is -2.12. The summed E-state index contributed by atoms with van der Waals surface area (Å²) in [5.41, 5.74) is 4.47. The quantitative estimate of drug-likeness (QED) is 0.310. The molecule has 0 spiro atoms. The summed E-state index contributed by atoms with van der Waals surface area (Å²) in [6.45, 7) is 4.54. The molecule has 0 fully saturated rings. The standard InChI is InChI=1S/C19H20ClN3O2S/c1-3-10-21-19(26)23-22-12-14-8-9-17(18(11-14)24-2)25-13-15-6-4-5-7-16(15)20/h3-9,11-12H,1,10,13H2,2H3,(H2,21,23,26)/b22-12-. The van der Waals surface area contributed by atoms with Gasteiger partial charge in [0.05, 0.1) is 13.3 Å². The fourth-order valence-corrected chi connectivity index (χ4v) is 2.35. The first-order valence-corrected chi connectivity index (χ1v) is 8.64. The third-order valence-corrected chi connectivity index (χ3v) is 3.92. The predicted octanol–water partition coefficient (Wildman–Crippen LogP) is 3.91. The maximum atomic E-state index is 6.15. The van der Waals surface area contributed by atoms with E-state index in [2.05, 4.69) is 22.4 Å². The number of halogens is 1. The van der Waals surface area contributed by atoms with Crippen LogP contribution in [-0.2, 0) is 6.61 Å². The SMILES string of the molecule is C=CCNC(=S)N/N=C\c1ccc(OCc2ccccc2Cl)c(OC)c1. The second-order valence-electron chi connectivity index (χ2n) is 5.16. The average molecular weight is 390 g/mol. The van der Waals surface area contributed by atoms with Gasteiger partial charge in [-0.3, -0.25) is 5.43 Å². The first-order valence-electron chi connectivity index (χ1n) is 7.86. The maximum Gasteiger partial charge on any atom is 0.187 e. The zero-order valence-electron chi connectivity index (χ0n) is 14.4. The minimum absolute atomic E-state index is 0.355. The lowest BCUT2D eigenvalue weighted by Crippen LogP contribution is -2.31. The molecule has 2 rings (SSSR count). The number of thiocarbonyl (C=S) groups is 1. The molecule has 136 valence electrons. The van der Waals surface area contributed by atoms with Crippen LogP contribution in [0, 0.1) is 0 Å². The Labute approximate surface area is 163 Å². The molecule has 2 aromatic rings. The molecule has 0 bridgehead atoms. The van der Waals surface area contributed by atoms with Gasteiger partial charge in [-0.15, -0.1) is 6.58 Å². The van der Waals surface area contributed by atoms with Gasteiger partial charge in [0, 0.05) is 17.1 Å². The van der Waals surface area contributed by atoms with Gasteiger partial charge in [-0.05, 0) is 42.0 Å². The van der Waals surface area contributed by atoms with Crippen LogP contribution in [0.2, 0.25) is 5.02 Å². The van der Waals surface area contributed by atoms with E-state index in [4.69, 9.17) is 33.3 Å². The minimum atomic E-state index is 0.355. The zero-order valence-corrected chi connectivity index (χ0v) is 15.9. The Morgan fingerprint density at radius 1 is 1.27 bits per heavy atom. The van der Waals surface area contributed by atoms with E-state index >= 15 is 0 Å². The first-order chi connectivity index (χ1) is 12.6. The van der Waals surface area contributed by atoms with Gasteiger partial charge in [0.15, 0.2) is 16.6 Å². The van der Waals surface area contributed by atoms with Crippen LogP contribution in [0.4, 0.5) is 0 Å². The van der Waals surface area contributed by atoms with Crippen molar-refractivity contribution in [2.24, 2.45) is 5.10 Å². The van der Waals surface area contributed by atoms with Gasteiger partial charge >= 0.3 is 0 Å². The van der Waals surface area contributed by atoms with Crippen molar-refractivity contribution in [3.8, 4) is 11.5 Å². The number of hydrazone groups is 1. The number of nitrogens with zero attached hydrogens (tertiary/aromatic N) is 1. The lowest BCUT2D eigenvalue weighted by atomic mass is 10.2. The molecule has 7 heteroatoms. The van der Waals surface area contributed by atoms with Crippen molar-refractivity contribution < 1.29 is 9.47 Å². The maximum absolute atomic E-state index is 6.15. The molecule has 2 aromatic carbocycles. The molecule has 26 heavy (non-hydrogen) atoms. The topological polar surface area (TPSA) is 54.9 Å². The Hall–Kier alpha value is -2.57. The van der Waals surface area contributed by atoms with Gasteiger partial charge in [0.1, 0.15) is 6.61 Å². The zero-order chi connectivity index (χ0) is 18.8. The van der Waals surface area contributed by atoms with Crippen LogP contribution in [0.5, 0.6) is 11.5 Å². The summed E-state index contributed by atoms with van der Waals surface area (Å²) >= 11 is 11.2. The number of benzene rings is 2. The van der Waals surface area contributed by atoms with E-state index in [0.29, 0.717) is 34.8 Å². The molecule has 5 nitrogen and oxygen atoms in total. The van der Waals surface area contributed by atoms with Crippen molar-refractivity contribution in [2.45, 2.75) is 6.61 Å². The number of rotatable bonds is 8. The molecule has 0 amide bonds. The van der Waals surface area contributed by atoms with Crippen molar-refractivity contribution >= 4 is 35.1 Å². The fourth-order valence-electron chi connectivity index (χ4n) is 2.02. The summed E-state index contributed by atoms with van der Waals surface area (Å²) in [4.78, 5) is 0. The summed E-state index contributed by atoms with van der Waals surface area (Å²) in [5.74, 6) is 1.23. The molecule has 0 atom stereocenters. The van der Waals surface area contributed by atoms with E-state index in [0.717, 1.165) is 11.1 Å². The van der Waals surface area contributed by atoms with Crippen LogP contribution in [-0.4, -0.2) is 25.0 Å². The Morgan fingerprint density at radius 2 is 2.08 bits per heavy atom. The predicted molar refractivity (Wildman–Crippen MR) is 110 cm³/mol. The van der Waals surface area contributed by atoms with Crippen LogP contribution in [0.3, 0.4) is 0 Å². The molecule has 2 N–H and O–H groups in total. The van der Waals surface area contributed by atoms with Crippen LogP contribution in [0.1, 0.15) is 11.1 Å². The van der Waals surface area contributed by atoms with Gasteiger partial charge in [-0.25, -0.2) is 0 Å². The highest BCUT2D eigenvalue weighted by atomic mass is 35.5. The molecule has 0 saturated heterocycles. The Morgan fingerprint density at radius 3 is 2.81 bits per heavy atom. The molecule has 0 heterocycles. The third kappa shape index (κ3) is 6.06. The first kappa shape index (κ1) is 19.8. The van der Waals surface area contributed by atoms with Crippen molar-refractivity contribution in [3.63, 3.8) is 0 Å².